The van der Waals surface area contributed by atoms with E-state index in [9.17, 15) is 5.11 Å². The highest BCUT2D eigenvalue weighted by molar-refractivity contribution is 7.12. The van der Waals surface area contributed by atoms with Crippen molar-refractivity contribution < 1.29 is 5.11 Å². The largest absolute Gasteiger partial charge is 0.388 e. The Balaban J connectivity index is 2.02. The minimum atomic E-state index is -0.289. The topological polar surface area (TPSA) is 20.2 Å². The SMILES string of the molecule is C[C@@H](O)c1ccc(CC2CC2)s1. The lowest BCUT2D eigenvalue weighted by molar-refractivity contribution is 0.203. The Hall–Kier alpha value is -0.340. The summed E-state index contributed by atoms with van der Waals surface area (Å²) in [5.41, 5.74) is 0. The Labute approximate surface area is 77.0 Å². The molecule has 1 nitrogen and oxygen atoms in total. The van der Waals surface area contributed by atoms with Crippen molar-refractivity contribution >= 4 is 11.3 Å². The van der Waals surface area contributed by atoms with Crippen LogP contribution in [0.2, 0.25) is 0 Å². The molecule has 0 amide bonds. The highest BCUT2D eigenvalue weighted by Gasteiger charge is 2.22. The summed E-state index contributed by atoms with van der Waals surface area (Å²) in [5, 5.41) is 9.30. The van der Waals surface area contributed by atoms with Gasteiger partial charge in [0.1, 0.15) is 0 Å². The summed E-state index contributed by atoms with van der Waals surface area (Å²) in [7, 11) is 0. The van der Waals surface area contributed by atoms with Gasteiger partial charge >= 0.3 is 0 Å². The number of hydrogen-bond acceptors (Lipinski definition) is 2. The van der Waals surface area contributed by atoms with E-state index in [0.717, 1.165) is 10.8 Å². The molecule has 1 aromatic heterocycles. The van der Waals surface area contributed by atoms with E-state index in [2.05, 4.69) is 6.07 Å². The van der Waals surface area contributed by atoms with E-state index in [1.54, 1.807) is 11.3 Å². The molecule has 2 heteroatoms. The van der Waals surface area contributed by atoms with Gasteiger partial charge in [0.25, 0.3) is 0 Å². The van der Waals surface area contributed by atoms with Crippen LogP contribution < -0.4 is 0 Å². The molecule has 0 radical (unpaired) electrons. The summed E-state index contributed by atoms with van der Waals surface area (Å²) >= 11 is 1.76. The van der Waals surface area contributed by atoms with Gasteiger partial charge in [0.05, 0.1) is 6.10 Å². The van der Waals surface area contributed by atoms with Gasteiger partial charge in [-0.15, -0.1) is 11.3 Å². The van der Waals surface area contributed by atoms with Crippen molar-refractivity contribution in [3.63, 3.8) is 0 Å². The lowest BCUT2D eigenvalue weighted by Crippen LogP contribution is -1.83. The van der Waals surface area contributed by atoms with Crippen LogP contribution in [0.3, 0.4) is 0 Å². The van der Waals surface area contributed by atoms with Gasteiger partial charge in [-0.05, 0) is 44.2 Å². The summed E-state index contributed by atoms with van der Waals surface area (Å²) in [6, 6.07) is 4.21. The normalized spacial score (nSPS) is 19.5. The van der Waals surface area contributed by atoms with Crippen LogP contribution in [0.4, 0.5) is 0 Å². The second-order valence-corrected chi connectivity index (χ2v) is 4.83. The minimum Gasteiger partial charge on any atom is -0.388 e. The molecular weight excluding hydrogens is 168 g/mol. The molecule has 0 saturated heterocycles. The van der Waals surface area contributed by atoms with Gasteiger partial charge in [0, 0.05) is 9.75 Å². The van der Waals surface area contributed by atoms with E-state index in [4.69, 9.17) is 0 Å². The van der Waals surface area contributed by atoms with Crippen molar-refractivity contribution in [1.82, 2.24) is 0 Å². The van der Waals surface area contributed by atoms with Crippen molar-refractivity contribution in [2.45, 2.75) is 32.3 Å². The zero-order chi connectivity index (χ0) is 8.55. The van der Waals surface area contributed by atoms with Crippen molar-refractivity contribution in [2.75, 3.05) is 0 Å². The van der Waals surface area contributed by atoms with Gasteiger partial charge in [-0.25, -0.2) is 0 Å². The molecule has 1 aromatic rings. The molecule has 1 atom stereocenters. The molecule has 66 valence electrons. The fraction of sp³-hybridized carbons (Fsp3) is 0.600. The first kappa shape index (κ1) is 8.27. The Kier molecular flexibility index (Phi) is 2.20. The Bertz CT molecular complexity index is 261. The van der Waals surface area contributed by atoms with Crippen LogP contribution in [0.5, 0.6) is 0 Å². The fourth-order valence-electron chi connectivity index (χ4n) is 1.34. The third-order valence-electron chi connectivity index (χ3n) is 2.28. The van der Waals surface area contributed by atoms with Crippen LogP contribution in [0.15, 0.2) is 12.1 Å². The molecule has 0 unspecified atom stereocenters. The summed E-state index contributed by atoms with van der Waals surface area (Å²) in [4.78, 5) is 2.54. The lowest BCUT2D eigenvalue weighted by Gasteiger charge is -1.97. The molecule has 1 fully saturated rings. The maximum atomic E-state index is 9.30. The van der Waals surface area contributed by atoms with Crippen LogP contribution in [-0.2, 0) is 6.42 Å². The van der Waals surface area contributed by atoms with E-state index in [-0.39, 0.29) is 6.10 Å². The number of hydrogen-bond donors (Lipinski definition) is 1. The van der Waals surface area contributed by atoms with Gasteiger partial charge < -0.3 is 5.11 Å². The zero-order valence-corrected chi connectivity index (χ0v) is 8.10. The van der Waals surface area contributed by atoms with E-state index in [0.29, 0.717) is 0 Å². The lowest BCUT2D eigenvalue weighted by atomic mass is 10.2. The minimum absolute atomic E-state index is 0.289. The van der Waals surface area contributed by atoms with Crippen LogP contribution in [0.25, 0.3) is 0 Å². The predicted molar refractivity (Wildman–Crippen MR) is 51.4 cm³/mol. The smallest absolute Gasteiger partial charge is 0.0854 e. The van der Waals surface area contributed by atoms with E-state index < -0.39 is 0 Å². The first-order valence-electron chi connectivity index (χ1n) is 4.52. The summed E-state index contributed by atoms with van der Waals surface area (Å²) < 4.78 is 0. The average molecular weight is 182 g/mol. The zero-order valence-electron chi connectivity index (χ0n) is 7.29. The molecule has 0 aliphatic heterocycles. The molecule has 1 aliphatic carbocycles. The van der Waals surface area contributed by atoms with Gasteiger partial charge in [0.2, 0.25) is 0 Å². The second kappa shape index (κ2) is 3.19. The van der Waals surface area contributed by atoms with Gasteiger partial charge in [-0.3, -0.25) is 0 Å². The first-order valence-corrected chi connectivity index (χ1v) is 5.34. The predicted octanol–water partition coefficient (Wildman–Crippen LogP) is 2.75. The van der Waals surface area contributed by atoms with Crippen molar-refractivity contribution in [3.05, 3.63) is 21.9 Å². The Morgan fingerprint density at radius 2 is 2.33 bits per heavy atom. The molecule has 1 N–H and O–H groups in total. The standard InChI is InChI=1S/C10H14OS/c1-7(11)10-5-4-9(12-10)6-8-2-3-8/h4-5,7-8,11H,2-3,6H2,1H3/t7-/m1/s1. The summed E-state index contributed by atoms with van der Waals surface area (Å²) in [5.74, 6) is 0.950. The second-order valence-electron chi connectivity index (χ2n) is 3.63. The first-order chi connectivity index (χ1) is 5.75. The van der Waals surface area contributed by atoms with Gasteiger partial charge in [-0.1, -0.05) is 0 Å². The molecule has 0 bridgehead atoms. The molecule has 2 rings (SSSR count). The third-order valence-corrected chi connectivity index (χ3v) is 3.56. The molecule has 0 aromatic carbocycles. The molecule has 1 aliphatic rings. The van der Waals surface area contributed by atoms with Crippen LogP contribution >= 0.6 is 11.3 Å². The number of aliphatic hydroxyl groups is 1. The molecular formula is C10H14OS. The third kappa shape index (κ3) is 1.87. The number of rotatable bonds is 3. The van der Waals surface area contributed by atoms with Crippen molar-refractivity contribution in [3.8, 4) is 0 Å². The highest BCUT2D eigenvalue weighted by atomic mass is 32.1. The molecule has 1 saturated carbocycles. The monoisotopic (exact) mass is 182 g/mol. The number of aliphatic hydroxyl groups excluding tert-OH is 1. The van der Waals surface area contributed by atoms with Crippen LogP contribution in [0, 0.1) is 5.92 Å². The maximum absolute atomic E-state index is 9.30. The van der Waals surface area contributed by atoms with Crippen molar-refractivity contribution in [2.24, 2.45) is 5.92 Å². The Morgan fingerprint density at radius 3 is 2.83 bits per heavy atom. The fourth-order valence-corrected chi connectivity index (χ4v) is 2.40. The summed E-state index contributed by atoms with van der Waals surface area (Å²) in [6.07, 6.45) is 3.75. The molecule has 1 heterocycles. The van der Waals surface area contributed by atoms with Crippen LogP contribution in [-0.4, -0.2) is 5.11 Å². The van der Waals surface area contributed by atoms with Crippen LogP contribution in [0.1, 0.15) is 35.6 Å². The Morgan fingerprint density at radius 1 is 1.58 bits per heavy atom. The summed E-state index contributed by atoms with van der Waals surface area (Å²) in [6.45, 7) is 1.83. The maximum Gasteiger partial charge on any atom is 0.0854 e. The van der Waals surface area contributed by atoms with Gasteiger partial charge in [-0.2, -0.15) is 0 Å². The molecule has 0 spiro atoms. The average Bonchev–Trinajstić information content (AvgIpc) is 2.66. The van der Waals surface area contributed by atoms with E-state index in [1.165, 1.54) is 24.1 Å². The van der Waals surface area contributed by atoms with E-state index in [1.807, 2.05) is 13.0 Å². The quantitative estimate of drug-likeness (QED) is 0.762. The van der Waals surface area contributed by atoms with E-state index >= 15 is 0 Å². The highest BCUT2D eigenvalue weighted by Crippen LogP contribution is 2.35. The van der Waals surface area contributed by atoms with Crippen molar-refractivity contribution in [1.29, 1.82) is 0 Å². The number of thiophene rings is 1. The molecule has 12 heavy (non-hydrogen) atoms. The van der Waals surface area contributed by atoms with Gasteiger partial charge in [0.15, 0.2) is 0 Å².